The molecule has 0 unspecified atom stereocenters. The lowest BCUT2D eigenvalue weighted by Crippen LogP contribution is -2.29. The topological polar surface area (TPSA) is 74.7 Å². The molecule has 20 heavy (non-hydrogen) atoms. The number of hydrogen-bond donors (Lipinski definition) is 1. The van der Waals surface area contributed by atoms with Crippen molar-refractivity contribution in [2.75, 3.05) is 0 Å². The monoisotopic (exact) mass is 289 g/mol. The van der Waals surface area contributed by atoms with Gasteiger partial charge in [-0.15, -0.1) is 0 Å². The minimum absolute atomic E-state index is 0.0148. The second kappa shape index (κ2) is 4.35. The van der Waals surface area contributed by atoms with Gasteiger partial charge in [-0.05, 0) is 23.8 Å². The van der Waals surface area contributed by atoms with Crippen LogP contribution in [0.25, 0.3) is 0 Å². The van der Waals surface area contributed by atoms with E-state index in [2.05, 4.69) is 0 Å². The molecule has 1 aliphatic heterocycles. The van der Waals surface area contributed by atoms with Gasteiger partial charge in [-0.1, -0.05) is 30.3 Å². The molecule has 0 saturated heterocycles. The number of sulfonamides is 1. The lowest BCUT2D eigenvalue weighted by molar-refractivity contribution is 0.0864. The van der Waals surface area contributed by atoms with E-state index in [0.717, 1.165) is 9.87 Å². The summed E-state index contributed by atoms with van der Waals surface area (Å²) in [5.74, 6) is -0.742. The number of phenols is 1. The summed E-state index contributed by atoms with van der Waals surface area (Å²) in [4.78, 5) is 12.1. The van der Waals surface area contributed by atoms with E-state index in [1.807, 2.05) is 6.07 Å². The quantitative estimate of drug-likeness (QED) is 0.913. The van der Waals surface area contributed by atoms with Crippen LogP contribution in [0.2, 0.25) is 0 Å². The Labute approximate surface area is 116 Å². The summed E-state index contributed by atoms with van der Waals surface area (Å²) in [5, 5.41) is 9.39. The van der Waals surface area contributed by atoms with Crippen molar-refractivity contribution in [1.82, 2.24) is 4.31 Å². The minimum atomic E-state index is -3.84. The first kappa shape index (κ1) is 12.7. The van der Waals surface area contributed by atoms with Crippen LogP contribution in [0.5, 0.6) is 5.75 Å². The Morgan fingerprint density at radius 1 is 1.05 bits per heavy atom. The Morgan fingerprint density at radius 3 is 2.45 bits per heavy atom. The second-order valence-corrected chi connectivity index (χ2v) is 6.31. The number of hydrogen-bond acceptors (Lipinski definition) is 4. The third-order valence-corrected chi connectivity index (χ3v) is 4.94. The summed E-state index contributed by atoms with van der Waals surface area (Å²) in [5.41, 5.74) is 0.738. The molecule has 2 aromatic rings. The van der Waals surface area contributed by atoms with E-state index in [0.29, 0.717) is 0 Å². The van der Waals surface area contributed by atoms with Crippen molar-refractivity contribution >= 4 is 15.9 Å². The van der Waals surface area contributed by atoms with Gasteiger partial charge >= 0.3 is 0 Å². The molecule has 0 spiro atoms. The van der Waals surface area contributed by atoms with E-state index >= 15 is 0 Å². The van der Waals surface area contributed by atoms with Crippen LogP contribution < -0.4 is 0 Å². The molecule has 5 nitrogen and oxygen atoms in total. The Morgan fingerprint density at radius 2 is 1.75 bits per heavy atom. The van der Waals surface area contributed by atoms with Gasteiger partial charge in [0.05, 0.1) is 12.1 Å². The number of benzene rings is 2. The van der Waals surface area contributed by atoms with Crippen LogP contribution in [0.4, 0.5) is 0 Å². The first-order valence-corrected chi connectivity index (χ1v) is 7.38. The van der Waals surface area contributed by atoms with Crippen molar-refractivity contribution in [2.45, 2.75) is 11.4 Å². The molecule has 0 radical (unpaired) electrons. The molecular formula is C14H11NO4S. The van der Waals surface area contributed by atoms with Crippen LogP contribution in [0.3, 0.4) is 0 Å². The van der Waals surface area contributed by atoms with Crippen molar-refractivity contribution in [3.05, 3.63) is 59.7 Å². The fourth-order valence-electron chi connectivity index (χ4n) is 2.18. The number of carbonyl (C=O) groups is 1. The zero-order valence-corrected chi connectivity index (χ0v) is 11.2. The average molecular weight is 289 g/mol. The highest BCUT2D eigenvalue weighted by Crippen LogP contribution is 2.33. The van der Waals surface area contributed by atoms with Gasteiger partial charge < -0.3 is 5.11 Å². The number of carbonyl (C=O) groups excluding carboxylic acids is 1. The van der Waals surface area contributed by atoms with Crippen LogP contribution in [0.1, 0.15) is 15.9 Å². The number of nitrogens with zero attached hydrogens (tertiary/aromatic N) is 1. The molecule has 0 saturated carbocycles. The maximum atomic E-state index is 12.3. The fraction of sp³-hybridized carbons (Fsp3) is 0.0714. The van der Waals surface area contributed by atoms with Crippen molar-refractivity contribution in [3.8, 4) is 5.75 Å². The molecule has 1 N–H and O–H groups in total. The fourth-order valence-corrected chi connectivity index (χ4v) is 3.72. The van der Waals surface area contributed by atoms with Gasteiger partial charge in [-0.2, -0.15) is 0 Å². The number of fused-ring (bicyclic) bond motifs is 1. The lowest BCUT2D eigenvalue weighted by Gasteiger charge is -2.14. The molecule has 0 atom stereocenters. The van der Waals surface area contributed by atoms with Crippen molar-refractivity contribution in [3.63, 3.8) is 0 Å². The van der Waals surface area contributed by atoms with Crippen LogP contribution in [0.15, 0.2) is 53.4 Å². The Balaban J connectivity index is 2.05. The molecule has 0 aromatic heterocycles. The lowest BCUT2D eigenvalue weighted by atomic mass is 10.2. The van der Waals surface area contributed by atoms with Gasteiger partial charge in [0.15, 0.2) is 0 Å². The minimum Gasteiger partial charge on any atom is -0.508 e. The van der Waals surface area contributed by atoms with E-state index in [4.69, 9.17) is 0 Å². The van der Waals surface area contributed by atoms with Crippen molar-refractivity contribution in [1.29, 1.82) is 0 Å². The van der Waals surface area contributed by atoms with E-state index in [1.165, 1.54) is 18.2 Å². The standard InChI is InChI=1S/C14H11NO4S/c16-11-6-7-13-12(8-11)14(17)15(20(13,18)19)9-10-4-2-1-3-5-10/h1-8,16H,9H2. The van der Waals surface area contributed by atoms with E-state index in [1.54, 1.807) is 24.3 Å². The van der Waals surface area contributed by atoms with Gasteiger partial charge in [-0.3, -0.25) is 4.79 Å². The SMILES string of the molecule is O=C1c2cc(O)ccc2S(=O)(=O)N1Cc1ccccc1. The Hall–Kier alpha value is -2.34. The second-order valence-electron chi connectivity index (χ2n) is 4.48. The van der Waals surface area contributed by atoms with Gasteiger partial charge in [0, 0.05) is 0 Å². The van der Waals surface area contributed by atoms with Crippen LogP contribution >= 0.6 is 0 Å². The third-order valence-electron chi connectivity index (χ3n) is 3.16. The number of aromatic hydroxyl groups is 1. The van der Waals surface area contributed by atoms with Crippen LogP contribution in [-0.4, -0.2) is 23.7 Å². The molecule has 6 heteroatoms. The molecule has 0 bridgehead atoms. The molecule has 102 valence electrons. The van der Waals surface area contributed by atoms with E-state index < -0.39 is 15.9 Å². The summed E-state index contributed by atoms with van der Waals surface area (Å²) < 4.78 is 25.5. The van der Waals surface area contributed by atoms with E-state index in [9.17, 15) is 18.3 Å². The molecule has 1 heterocycles. The highest BCUT2D eigenvalue weighted by Gasteiger charge is 2.41. The molecule has 1 amide bonds. The normalized spacial score (nSPS) is 16.2. The van der Waals surface area contributed by atoms with E-state index in [-0.39, 0.29) is 22.8 Å². The smallest absolute Gasteiger partial charge is 0.269 e. The zero-order valence-electron chi connectivity index (χ0n) is 10.4. The summed E-state index contributed by atoms with van der Waals surface area (Å²) in [6.45, 7) is -0.0164. The maximum Gasteiger partial charge on any atom is 0.269 e. The molecule has 1 aliphatic rings. The van der Waals surface area contributed by atoms with Gasteiger partial charge in [-0.25, -0.2) is 12.7 Å². The summed E-state index contributed by atoms with van der Waals surface area (Å²) in [6, 6.07) is 12.6. The first-order chi connectivity index (χ1) is 9.50. The highest BCUT2D eigenvalue weighted by atomic mass is 32.2. The number of rotatable bonds is 2. The van der Waals surface area contributed by atoms with Gasteiger partial charge in [0.1, 0.15) is 10.6 Å². The molecule has 3 rings (SSSR count). The first-order valence-electron chi connectivity index (χ1n) is 5.94. The Kier molecular flexibility index (Phi) is 2.76. The summed E-state index contributed by atoms with van der Waals surface area (Å²) in [6.07, 6.45) is 0. The predicted molar refractivity (Wildman–Crippen MR) is 71.6 cm³/mol. The van der Waals surface area contributed by atoms with Crippen molar-refractivity contribution in [2.24, 2.45) is 0 Å². The highest BCUT2D eigenvalue weighted by molar-refractivity contribution is 7.90. The van der Waals surface area contributed by atoms with Crippen molar-refractivity contribution < 1.29 is 18.3 Å². The molecule has 0 aliphatic carbocycles. The maximum absolute atomic E-state index is 12.3. The van der Waals surface area contributed by atoms with Gasteiger partial charge in [0.2, 0.25) is 0 Å². The predicted octanol–water partition coefficient (Wildman–Crippen LogP) is 1.74. The molecule has 0 fully saturated rings. The third kappa shape index (κ3) is 1.85. The number of amides is 1. The number of phenolic OH excluding ortho intramolecular Hbond substituents is 1. The van der Waals surface area contributed by atoms with Crippen LogP contribution in [-0.2, 0) is 16.6 Å². The molecule has 2 aromatic carbocycles. The zero-order chi connectivity index (χ0) is 14.3. The summed E-state index contributed by atoms with van der Waals surface area (Å²) >= 11 is 0. The Bertz CT molecular complexity index is 784. The van der Waals surface area contributed by atoms with Gasteiger partial charge in [0.25, 0.3) is 15.9 Å². The van der Waals surface area contributed by atoms with Crippen LogP contribution in [0, 0.1) is 0 Å². The summed E-state index contributed by atoms with van der Waals surface area (Å²) in [7, 11) is -3.84. The largest absolute Gasteiger partial charge is 0.508 e. The molecular weight excluding hydrogens is 278 g/mol. The average Bonchev–Trinajstić information content (AvgIpc) is 2.61.